The zero-order valence-corrected chi connectivity index (χ0v) is 14.9. The van der Waals surface area contributed by atoms with E-state index in [-0.39, 0.29) is 17.5 Å². The van der Waals surface area contributed by atoms with Crippen LogP contribution in [0.1, 0.15) is 21.8 Å². The van der Waals surface area contributed by atoms with E-state index in [4.69, 9.17) is 4.42 Å². The summed E-state index contributed by atoms with van der Waals surface area (Å²) >= 11 is 0. The Hall–Kier alpha value is -3.35. The molecule has 0 radical (unpaired) electrons. The third-order valence-corrected chi connectivity index (χ3v) is 4.67. The molecule has 4 rings (SSSR count). The van der Waals surface area contributed by atoms with Crippen LogP contribution in [0.5, 0.6) is 0 Å². The third-order valence-electron chi connectivity index (χ3n) is 4.67. The average molecular weight is 364 g/mol. The zero-order valence-electron chi connectivity index (χ0n) is 14.9. The molecule has 3 heterocycles. The fraction of sp³-hybridized carbons (Fsp3) is 0.250. The van der Waals surface area contributed by atoms with Crippen molar-refractivity contribution in [3.63, 3.8) is 0 Å². The molecule has 3 aromatic rings. The largest absolute Gasteiger partial charge is 0.460 e. The zero-order chi connectivity index (χ0) is 18.8. The Morgan fingerprint density at radius 1 is 1.26 bits per heavy atom. The van der Waals surface area contributed by atoms with E-state index >= 15 is 0 Å². The molecule has 2 aromatic heterocycles. The summed E-state index contributed by atoms with van der Waals surface area (Å²) in [5.74, 6) is 0.992. The number of nitrogens with zero attached hydrogens (tertiary/aromatic N) is 2. The molecule has 1 atom stereocenters. The number of rotatable bonds is 4. The molecule has 2 N–H and O–H groups in total. The molecule has 0 spiro atoms. The van der Waals surface area contributed by atoms with Crippen molar-refractivity contribution in [2.24, 2.45) is 0 Å². The first-order valence-corrected chi connectivity index (χ1v) is 8.86. The predicted octanol–water partition coefficient (Wildman–Crippen LogP) is 2.16. The Bertz CT molecular complexity index is 961. The summed E-state index contributed by atoms with van der Waals surface area (Å²) in [4.78, 5) is 27.1. The van der Waals surface area contributed by atoms with Gasteiger partial charge in [-0.1, -0.05) is 30.3 Å². The van der Waals surface area contributed by atoms with Crippen molar-refractivity contribution in [2.45, 2.75) is 19.4 Å². The number of amides is 2. The quantitative estimate of drug-likeness (QED) is 0.742. The lowest BCUT2D eigenvalue weighted by Gasteiger charge is -2.34. The number of carbonyl (C=O) groups is 2. The summed E-state index contributed by atoms with van der Waals surface area (Å²) in [5.41, 5.74) is 1.91. The molecule has 0 unspecified atom stereocenters. The van der Waals surface area contributed by atoms with E-state index in [2.05, 4.69) is 15.5 Å². The van der Waals surface area contributed by atoms with Gasteiger partial charge in [0.2, 0.25) is 5.91 Å². The van der Waals surface area contributed by atoms with Crippen LogP contribution in [0.25, 0.3) is 11.5 Å². The maximum atomic E-state index is 13.0. The van der Waals surface area contributed by atoms with Gasteiger partial charge in [0.05, 0.1) is 0 Å². The minimum absolute atomic E-state index is 0.143. The lowest BCUT2D eigenvalue weighted by atomic mass is 10.0. The maximum Gasteiger partial charge on any atom is 0.275 e. The molecule has 7 heteroatoms. The van der Waals surface area contributed by atoms with E-state index in [0.717, 1.165) is 11.3 Å². The molecule has 1 aliphatic heterocycles. The number of aromatic amines is 1. The van der Waals surface area contributed by atoms with Crippen molar-refractivity contribution in [2.75, 3.05) is 13.1 Å². The Morgan fingerprint density at radius 3 is 2.81 bits per heavy atom. The lowest BCUT2D eigenvalue weighted by molar-refractivity contribution is -0.127. The first-order chi connectivity index (χ1) is 13.1. The third kappa shape index (κ3) is 3.48. The number of benzene rings is 1. The van der Waals surface area contributed by atoms with Gasteiger partial charge in [-0.15, -0.1) is 0 Å². The number of hydrogen-bond acceptors (Lipinski definition) is 4. The van der Waals surface area contributed by atoms with Crippen LogP contribution in [0, 0.1) is 6.92 Å². The summed E-state index contributed by atoms with van der Waals surface area (Å²) in [6.07, 6.45) is 0.465. The van der Waals surface area contributed by atoms with Crippen LogP contribution in [0.3, 0.4) is 0 Å². The summed E-state index contributed by atoms with van der Waals surface area (Å²) in [6.45, 7) is 2.74. The van der Waals surface area contributed by atoms with Gasteiger partial charge in [0.15, 0.2) is 11.5 Å². The first-order valence-electron chi connectivity index (χ1n) is 8.86. The molecule has 138 valence electrons. The van der Waals surface area contributed by atoms with Crippen molar-refractivity contribution >= 4 is 11.8 Å². The predicted molar refractivity (Wildman–Crippen MR) is 99.0 cm³/mol. The van der Waals surface area contributed by atoms with Crippen LogP contribution in [-0.4, -0.2) is 46.0 Å². The van der Waals surface area contributed by atoms with Gasteiger partial charge >= 0.3 is 0 Å². The smallest absolute Gasteiger partial charge is 0.275 e. The molecule has 1 aliphatic rings. The van der Waals surface area contributed by atoms with Gasteiger partial charge in [-0.05, 0) is 24.6 Å². The number of piperazine rings is 1. The molecular weight excluding hydrogens is 344 g/mol. The highest BCUT2D eigenvalue weighted by Crippen LogP contribution is 2.22. The summed E-state index contributed by atoms with van der Waals surface area (Å²) < 4.78 is 5.57. The molecule has 27 heavy (non-hydrogen) atoms. The number of carbonyl (C=O) groups excluding carboxylic acids is 2. The fourth-order valence-electron chi connectivity index (χ4n) is 3.28. The molecule has 0 bridgehead atoms. The number of hydrogen-bond donors (Lipinski definition) is 2. The Balaban J connectivity index is 1.57. The van der Waals surface area contributed by atoms with Crippen LogP contribution in [0.2, 0.25) is 0 Å². The number of aryl methyl sites for hydroxylation is 1. The van der Waals surface area contributed by atoms with E-state index in [1.54, 1.807) is 11.0 Å². The minimum atomic E-state index is -0.556. The van der Waals surface area contributed by atoms with Crippen LogP contribution >= 0.6 is 0 Å². The van der Waals surface area contributed by atoms with E-state index in [9.17, 15) is 9.59 Å². The number of furan rings is 1. The Labute approximate surface area is 156 Å². The van der Waals surface area contributed by atoms with Crippen molar-refractivity contribution in [1.29, 1.82) is 0 Å². The standard InChI is InChI=1S/C20H20N4O3/c1-13-7-8-18(27-13)15-12-16(23-22-15)20(26)24-10-9-21-19(25)17(24)11-14-5-3-2-4-6-14/h2-8,12,17H,9-11H2,1H3,(H,21,25)(H,22,23)/t17-/m1/s1. The molecule has 1 saturated heterocycles. The number of H-pyrrole nitrogens is 1. The Morgan fingerprint density at radius 2 is 2.07 bits per heavy atom. The van der Waals surface area contributed by atoms with Gasteiger partial charge < -0.3 is 14.6 Å². The van der Waals surface area contributed by atoms with E-state index < -0.39 is 6.04 Å². The van der Waals surface area contributed by atoms with E-state index in [0.29, 0.717) is 31.0 Å². The molecule has 1 aromatic carbocycles. The summed E-state index contributed by atoms with van der Waals surface area (Å²) in [5, 5.41) is 9.82. The Kier molecular flexibility index (Phi) is 4.50. The van der Waals surface area contributed by atoms with Gasteiger partial charge in [0.1, 0.15) is 17.5 Å². The molecular formula is C20H20N4O3. The SMILES string of the molecule is Cc1ccc(-c2cc(C(=O)N3CCNC(=O)[C@H]3Cc3ccccc3)n[nH]2)o1. The van der Waals surface area contributed by atoms with E-state index in [1.165, 1.54) is 0 Å². The number of aromatic nitrogens is 2. The highest BCUT2D eigenvalue weighted by atomic mass is 16.3. The van der Waals surface area contributed by atoms with Crippen LogP contribution in [0.15, 0.2) is 52.9 Å². The topological polar surface area (TPSA) is 91.2 Å². The molecule has 7 nitrogen and oxygen atoms in total. The van der Waals surface area contributed by atoms with Crippen LogP contribution in [-0.2, 0) is 11.2 Å². The first kappa shape index (κ1) is 17.1. The van der Waals surface area contributed by atoms with Crippen molar-refractivity contribution in [1.82, 2.24) is 20.4 Å². The van der Waals surface area contributed by atoms with Crippen molar-refractivity contribution in [3.05, 3.63) is 65.5 Å². The van der Waals surface area contributed by atoms with Crippen LogP contribution < -0.4 is 5.32 Å². The molecule has 0 aliphatic carbocycles. The molecule has 2 amide bonds. The fourth-order valence-corrected chi connectivity index (χ4v) is 3.28. The second-order valence-electron chi connectivity index (χ2n) is 6.57. The van der Waals surface area contributed by atoms with Gasteiger partial charge in [0, 0.05) is 25.6 Å². The molecule has 1 fully saturated rings. The number of nitrogens with one attached hydrogen (secondary N) is 2. The second-order valence-corrected chi connectivity index (χ2v) is 6.57. The van der Waals surface area contributed by atoms with Crippen LogP contribution in [0.4, 0.5) is 0 Å². The van der Waals surface area contributed by atoms with Crippen molar-refractivity contribution in [3.8, 4) is 11.5 Å². The average Bonchev–Trinajstić information content (AvgIpc) is 3.33. The lowest BCUT2D eigenvalue weighted by Crippen LogP contribution is -2.58. The highest BCUT2D eigenvalue weighted by Gasteiger charge is 2.34. The van der Waals surface area contributed by atoms with Gasteiger partial charge in [0.25, 0.3) is 5.91 Å². The minimum Gasteiger partial charge on any atom is -0.460 e. The summed E-state index contributed by atoms with van der Waals surface area (Å²) in [7, 11) is 0. The summed E-state index contributed by atoms with van der Waals surface area (Å²) in [6, 6.07) is 14.5. The normalized spacial score (nSPS) is 17.0. The van der Waals surface area contributed by atoms with Crippen molar-refractivity contribution < 1.29 is 14.0 Å². The monoisotopic (exact) mass is 364 g/mol. The highest BCUT2D eigenvalue weighted by molar-refractivity contribution is 5.97. The second kappa shape index (κ2) is 7.11. The van der Waals surface area contributed by atoms with Gasteiger partial charge in [-0.3, -0.25) is 14.7 Å². The van der Waals surface area contributed by atoms with E-state index in [1.807, 2.05) is 49.4 Å². The molecule has 0 saturated carbocycles. The maximum absolute atomic E-state index is 13.0. The van der Waals surface area contributed by atoms with Gasteiger partial charge in [-0.2, -0.15) is 5.10 Å². The van der Waals surface area contributed by atoms with Gasteiger partial charge in [-0.25, -0.2) is 0 Å².